The number of carbonyl (C=O) groups is 2. The third-order valence-corrected chi connectivity index (χ3v) is 5.76. The van der Waals surface area contributed by atoms with E-state index in [-0.39, 0.29) is 17.7 Å². The van der Waals surface area contributed by atoms with Crippen molar-refractivity contribution in [3.05, 3.63) is 98.0 Å². The van der Waals surface area contributed by atoms with Gasteiger partial charge in [0.2, 0.25) is 0 Å². The van der Waals surface area contributed by atoms with Crippen molar-refractivity contribution < 1.29 is 9.59 Å². The van der Waals surface area contributed by atoms with Crippen LogP contribution in [-0.4, -0.2) is 30.5 Å². The fourth-order valence-electron chi connectivity index (χ4n) is 3.88. The van der Waals surface area contributed by atoms with Gasteiger partial charge in [0, 0.05) is 12.1 Å². The summed E-state index contributed by atoms with van der Waals surface area (Å²) in [5.41, 5.74) is 6.77. The van der Waals surface area contributed by atoms with Gasteiger partial charge in [-0.15, -0.1) is 0 Å². The number of aryl methyl sites for hydroxylation is 3. The largest absolute Gasteiger partial charge is 0.333 e. The van der Waals surface area contributed by atoms with Crippen LogP contribution in [0.25, 0.3) is 11.2 Å². The Morgan fingerprint density at radius 3 is 2.43 bits per heavy atom. The van der Waals surface area contributed by atoms with E-state index in [2.05, 4.69) is 15.8 Å². The molecule has 0 unspecified atom stereocenters. The Morgan fingerprint density at radius 2 is 1.71 bits per heavy atom. The van der Waals surface area contributed by atoms with E-state index in [0.29, 0.717) is 12.1 Å². The summed E-state index contributed by atoms with van der Waals surface area (Å²) in [5, 5.41) is 0. The zero-order chi connectivity index (χ0) is 25.1. The molecular formula is C25H26N6O4. The van der Waals surface area contributed by atoms with Crippen LogP contribution in [-0.2, 0) is 24.4 Å². The number of rotatable bonds is 6. The van der Waals surface area contributed by atoms with Crippen LogP contribution in [0.2, 0.25) is 0 Å². The highest BCUT2D eigenvalue weighted by atomic mass is 16.2. The zero-order valence-electron chi connectivity index (χ0n) is 19.7. The Kier molecular flexibility index (Phi) is 6.63. The summed E-state index contributed by atoms with van der Waals surface area (Å²) < 4.78 is 3.87. The summed E-state index contributed by atoms with van der Waals surface area (Å²) in [7, 11) is 0. The Bertz CT molecular complexity index is 1530. The molecule has 0 saturated heterocycles. The van der Waals surface area contributed by atoms with E-state index in [4.69, 9.17) is 0 Å². The van der Waals surface area contributed by atoms with Crippen molar-refractivity contribution in [3.63, 3.8) is 0 Å². The lowest BCUT2D eigenvalue weighted by atomic mass is 10.1. The van der Waals surface area contributed by atoms with E-state index >= 15 is 0 Å². The molecule has 4 rings (SSSR count). The number of hydrogen-bond acceptors (Lipinski definition) is 5. The first-order valence-corrected chi connectivity index (χ1v) is 11.2. The minimum absolute atomic E-state index is 0.183. The van der Waals surface area contributed by atoms with Crippen LogP contribution in [0.15, 0.2) is 64.4 Å². The minimum atomic E-state index is -0.712. The van der Waals surface area contributed by atoms with Gasteiger partial charge in [0.15, 0.2) is 11.2 Å². The lowest BCUT2D eigenvalue weighted by Crippen LogP contribution is -2.48. The van der Waals surface area contributed by atoms with Gasteiger partial charge >= 0.3 is 5.69 Å². The van der Waals surface area contributed by atoms with Gasteiger partial charge in [-0.25, -0.2) is 14.3 Å². The van der Waals surface area contributed by atoms with Crippen LogP contribution >= 0.6 is 0 Å². The molecule has 0 aliphatic heterocycles. The predicted molar refractivity (Wildman–Crippen MR) is 131 cm³/mol. The molecule has 2 aromatic carbocycles. The number of hydrogen-bond donors (Lipinski definition) is 2. The maximum absolute atomic E-state index is 13.3. The average Bonchev–Trinajstić information content (AvgIpc) is 3.29. The van der Waals surface area contributed by atoms with Crippen LogP contribution in [0.1, 0.15) is 34.0 Å². The van der Waals surface area contributed by atoms with Gasteiger partial charge in [-0.05, 0) is 38.0 Å². The molecule has 4 aromatic rings. The van der Waals surface area contributed by atoms with Gasteiger partial charge in [0.1, 0.15) is 6.54 Å². The first-order valence-electron chi connectivity index (χ1n) is 11.2. The van der Waals surface area contributed by atoms with Crippen LogP contribution in [0.4, 0.5) is 0 Å². The van der Waals surface area contributed by atoms with E-state index in [0.717, 1.165) is 21.3 Å². The van der Waals surface area contributed by atoms with Gasteiger partial charge in [0.05, 0.1) is 12.9 Å². The van der Waals surface area contributed by atoms with Crippen molar-refractivity contribution in [3.8, 4) is 0 Å². The molecule has 35 heavy (non-hydrogen) atoms. The molecule has 2 N–H and O–H groups in total. The van der Waals surface area contributed by atoms with E-state index in [1.165, 1.54) is 10.9 Å². The van der Waals surface area contributed by atoms with Crippen molar-refractivity contribution in [2.24, 2.45) is 0 Å². The molecule has 0 spiro atoms. The smallest absolute Gasteiger partial charge is 0.325 e. The van der Waals surface area contributed by atoms with E-state index in [9.17, 15) is 19.2 Å². The van der Waals surface area contributed by atoms with E-state index < -0.39 is 29.6 Å². The number of fused-ring (bicyclic) bond motifs is 1. The van der Waals surface area contributed by atoms with Crippen LogP contribution < -0.4 is 22.1 Å². The maximum atomic E-state index is 13.3. The number of amides is 2. The molecule has 180 valence electrons. The molecule has 0 atom stereocenters. The number of benzene rings is 2. The SMILES string of the molecule is CCn1cnc2c1c(=O)n(CC(=O)NNC(=O)c1cc(C)ccc1C)c(=O)n2Cc1ccccc1. The maximum Gasteiger partial charge on any atom is 0.333 e. The summed E-state index contributed by atoms with van der Waals surface area (Å²) in [5.74, 6) is -1.20. The van der Waals surface area contributed by atoms with Gasteiger partial charge in [0.25, 0.3) is 17.4 Å². The Labute approximate surface area is 200 Å². The molecule has 10 nitrogen and oxygen atoms in total. The second-order valence-corrected chi connectivity index (χ2v) is 8.27. The second kappa shape index (κ2) is 9.80. The molecule has 0 bridgehead atoms. The predicted octanol–water partition coefficient (Wildman–Crippen LogP) is 1.51. The number of nitrogens with zero attached hydrogens (tertiary/aromatic N) is 4. The number of imidazole rings is 1. The number of nitrogens with one attached hydrogen (secondary N) is 2. The molecule has 0 fully saturated rings. The molecule has 0 saturated carbocycles. The van der Waals surface area contributed by atoms with Crippen LogP contribution in [0.3, 0.4) is 0 Å². The monoisotopic (exact) mass is 474 g/mol. The van der Waals surface area contributed by atoms with E-state index in [1.54, 1.807) is 17.6 Å². The number of hydrazine groups is 1. The van der Waals surface area contributed by atoms with Crippen molar-refractivity contribution in [2.75, 3.05) is 0 Å². The lowest BCUT2D eigenvalue weighted by Gasteiger charge is -2.13. The highest BCUT2D eigenvalue weighted by Crippen LogP contribution is 2.11. The van der Waals surface area contributed by atoms with Crippen molar-refractivity contribution in [2.45, 2.75) is 40.4 Å². The molecule has 2 heterocycles. The third kappa shape index (κ3) is 4.77. The quantitative estimate of drug-likeness (QED) is 0.411. The Balaban J connectivity index is 1.64. The fraction of sp³-hybridized carbons (Fsp3) is 0.240. The normalized spacial score (nSPS) is 10.9. The van der Waals surface area contributed by atoms with Gasteiger partial charge in [-0.3, -0.25) is 29.8 Å². The first-order chi connectivity index (χ1) is 16.8. The number of carbonyl (C=O) groups excluding carboxylic acids is 2. The van der Waals surface area contributed by atoms with Gasteiger partial charge in [-0.1, -0.05) is 48.0 Å². The Morgan fingerprint density at radius 1 is 0.971 bits per heavy atom. The summed E-state index contributed by atoms with van der Waals surface area (Å²) in [6, 6.07) is 14.7. The third-order valence-electron chi connectivity index (χ3n) is 5.76. The molecule has 0 aliphatic rings. The van der Waals surface area contributed by atoms with Gasteiger partial charge < -0.3 is 4.57 Å². The summed E-state index contributed by atoms with van der Waals surface area (Å²) in [4.78, 5) is 55.9. The summed E-state index contributed by atoms with van der Waals surface area (Å²) in [6.45, 7) is 5.59. The molecular weight excluding hydrogens is 448 g/mol. The van der Waals surface area contributed by atoms with Gasteiger partial charge in [-0.2, -0.15) is 0 Å². The fourth-order valence-corrected chi connectivity index (χ4v) is 3.88. The molecule has 2 amide bonds. The molecule has 2 aromatic heterocycles. The Hall–Kier alpha value is -4.47. The summed E-state index contributed by atoms with van der Waals surface area (Å²) >= 11 is 0. The zero-order valence-corrected chi connectivity index (χ0v) is 19.7. The minimum Gasteiger partial charge on any atom is -0.325 e. The molecule has 0 radical (unpaired) electrons. The van der Waals surface area contributed by atoms with Crippen LogP contribution in [0.5, 0.6) is 0 Å². The first kappa shape index (κ1) is 23.7. The van der Waals surface area contributed by atoms with Crippen molar-refractivity contribution in [1.82, 2.24) is 29.5 Å². The second-order valence-electron chi connectivity index (χ2n) is 8.27. The molecule has 0 aliphatic carbocycles. The number of aromatic nitrogens is 4. The van der Waals surface area contributed by atoms with E-state index in [1.807, 2.05) is 56.3 Å². The van der Waals surface area contributed by atoms with Crippen molar-refractivity contribution >= 4 is 23.0 Å². The summed E-state index contributed by atoms with van der Waals surface area (Å²) in [6.07, 6.45) is 1.50. The highest BCUT2D eigenvalue weighted by Gasteiger charge is 2.20. The van der Waals surface area contributed by atoms with Crippen LogP contribution in [0, 0.1) is 13.8 Å². The topological polar surface area (TPSA) is 120 Å². The lowest BCUT2D eigenvalue weighted by molar-refractivity contribution is -0.122. The average molecular weight is 475 g/mol. The standard InChI is InChI=1S/C25H26N6O4/c1-4-29-15-26-22-21(29)24(34)31(25(35)30(22)13-18-8-6-5-7-9-18)14-20(32)27-28-23(33)19-12-16(2)10-11-17(19)3/h5-12,15H,4,13-14H2,1-3H3,(H,27,32)(H,28,33). The highest BCUT2D eigenvalue weighted by molar-refractivity contribution is 5.96. The van der Waals surface area contributed by atoms with Crippen molar-refractivity contribution in [1.29, 1.82) is 0 Å². The molecule has 10 heteroatoms.